The average Bonchev–Trinajstić information content (AvgIpc) is 3.48. The third kappa shape index (κ3) is 6.46. The van der Waals surface area contributed by atoms with Crippen LogP contribution >= 0.6 is 0 Å². The molecular formula is C27H42N6O3. The Morgan fingerprint density at radius 2 is 2.08 bits per heavy atom. The van der Waals surface area contributed by atoms with Crippen molar-refractivity contribution in [3.8, 4) is 12.1 Å². The van der Waals surface area contributed by atoms with Crippen LogP contribution in [0.5, 0.6) is 6.01 Å². The quantitative estimate of drug-likeness (QED) is 0.593. The summed E-state index contributed by atoms with van der Waals surface area (Å²) in [6.07, 6.45) is 5.08. The Balaban J connectivity index is 1.61. The predicted octanol–water partition coefficient (Wildman–Crippen LogP) is 2.93. The van der Waals surface area contributed by atoms with Crippen LogP contribution in [0.4, 0.5) is 5.82 Å². The molecule has 1 spiro atoms. The molecule has 2 aliphatic heterocycles. The number of ether oxygens (including phenoxy) is 2. The number of hydrogen-bond acceptors (Lipinski definition) is 9. The van der Waals surface area contributed by atoms with Gasteiger partial charge < -0.3 is 24.6 Å². The van der Waals surface area contributed by atoms with Gasteiger partial charge in [-0.15, -0.1) is 0 Å². The van der Waals surface area contributed by atoms with E-state index in [4.69, 9.17) is 19.4 Å². The lowest BCUT2D eigenvalue weighted by atomic mass is 9.87. The highest BCUT2D eigenvalue weighted by Gasteiger charge is 2.57. The van der Waals surface area contributed by atoms with Crippen molar-refractivity contribution < 1.29 is 14.3 Å². The van der Waals surface area contributed by atoms with Gasteiger partial charge in [0.15, 0.2) is 0 Å². The number of hydrogen-bond donors (Lipinski definition) is 1. The number of aromatic nitrogens is 2. The molecule has 1 aromatic heterocycles. The van der Waals surface area contributed by atoms with E-state index in [2.05, 4.69) is 21.2 Å². The minimum Gasteiger partial charge on any atom is -0.462 e. The van der Waals surface area contributed by atoms with Crippen LogP contribution in [0.3, 0.4) is 0 Å². The molecule has 0 aromatic carbocycles. The fourth-order valence-corrected chi connectivity index (χ4v) is 5.47. The Labute approximate surface area is 215 Å². The summed E-state index contributed by atoms with van der Waals surface area (Å²) in [6, 6.07) is 2.93. The van der Waals surface area contributed by atoms with Gasteiger partial charge in [-0.2, -0.15) is 15.2 Å². The third-order valence-electron chi connectivity index (χ3n) is 7.44. The van der Waals surface area contributed by atoms with E-state index in [0.717, 1.165) is 69.8 Å². The van der Waals surface area contributed by atoms with E-state index in [9.17, 15) is 10.1 Å². The van der Waals surface area contributed by atoms with E-state index in [0.29, 0.717) is 25.6 Å². The summed E-state index contributed by atoms with van der Waals surface area (Å²) < 4.78 is 11.7. The van der Waals surface area contributed by atoms with Gasteiger partial charge in [-0.05, 0) is 73.5 Å². The molecule has 3 atom stereocenters. The maximum absolute atomic E-state index is 13.1. The summed E-state index contributed by atoms with van der Waals surface area (Å²) in [4.78, 5) is 27.2. The highest BCUT2D eigenvalue weighted by atomic mass is 16.6. The van der Waals surface area contributed by atoms with E-state index in [1.807, 2.05) is 34.9 Å². The summed E-state index contributed by atoms with van der Waals surface area (Å²) in [7, 11) is 4.03. The number of carbonyl (C=O) groups excluding carboxylic acids is 1. The zero-order valence-corrected chi connectivity index (χ0v) is 22.6. The standard InChI is InChI=1S/C27H42N6O3/c1-26(2,3)36-24(34)19-8-6-7-11-33(18-27(14-19)15-20(27)16-28)23-21-9-10-29-17-22(21)30-25(31-23)35-13-12-32(4)5/h19-20,29H,6-15,17-18H2,1-5H3/t19?,20?,27-/m1/s1. The van der Waals surface area contributed by atoms with Crippen molar-refractivity contribution in [3.63, 3.8) is 0 Å². The Morgan fingerprint density at radius 1 is 1.28 bits per heavy atom. The summed E-state index contributed by atoms with van der Waals surface area (Å²) >= 11 is 0. The zero-order chi connectivity index (χ0) is 25.9. The van der Waals surface area contributed by atoms with Crippen LogP contribution in [0, 0.1) is 28.6 Å². The van der Waals surface area contributed by atoms with Gasteiger partial charge >= 0.3 is 12.0 Å². The van der Waals surface area contributed by atoms with Gasteiger partial charge in [0, 0.05) is 37.2 Å². The van der Waals surface area contributed by atoms with Crippen molar-refractivity contribution in [2.24, 2.45) is 17.3 Å². The minimum atomic E-state index is -0.510. The molecule has 1 N–H and O–H groups in total. The molecule has 0 amide bonds. The van der Waals surface area contributed by atoms with E-state index < -0.39 is 5.60 Å². The van der Waals surface area contributed by atoms with Crippen molar-refractivity contribution in [3.05, 3.63) is 11.3 Å². The Hall–Kier alpha value is -2.44. The predicted molar refractivity (Wildman–Crippen MR) is 138 cm³/mol. The summed E-state index contributed by atoms with van der Waals surface area (Å²) in [5.74, 6) is 0.607. The van der Waals surface area contributed by atoms with Crippen LogP contribution in [0.15, 0.2) is 0 Å². The lowest BCUT2D eigenvalue weighted by molar-refractivity contribution is -0.161. The van der Waals surface area contributed by atoms with E-state index in [-0.39, 0.29) is 23.2 Å². The second-order valence-corrected chi connectivity index (χ2v) is 11.9. The molecule has 1 aromatic rings. The van der Waals surface area contributed by atoms with Gasteiger partial charge in [-0.3, -0.25) is 4.79 Å². The lowest BCUT2D eigenvalue weighted by Crippen LogP contribution is -2.37. The average molecular weight is 499 g/mol. The Bertz CT molecular complexity index is 985. The number of carbonyl (C=O) groups is 1. The third-order valence-corrected chi connectivity index (χ3v) is 7.44. The largest absolute Gasteiger partial charge is 0.462 e. The van der Waals surface area contributed by atoms with E-state index in [1.54, 1.807) is 0 Å². The summed E-state index contributed by atoms with van der Waals surface area (Å²) in [5, 5.41) is 13.3. The number of likely N-dealkylation sites (N-methyl/N-ethyl adjacent to an activating group) is 1. The van der Waals surface area contributed by atoms with Crippen LogP contribution in [-0.4, -0.2) is 73.3 Å². The van der Waals surface area contributed by atoms with Gasteiger partial charge in [0.2, 0.25) is 0 Å². The fraction of sp³-hybridized carbons (Fsp3) is 0.778. The number of esters is 1. The maximum Gasteiger partial charge on any atom is 0.318 e. The SMILES string of the molecule is CN(C)CCOc1nc2c(c(N3CCCCC(C(=O)OC(C)(C)C)C[C@@]4(CC4C#N)C3)n1)CCNC2. The van der Waals surface area contributed by atoms with Gasteiger partial charge in [-0.1, -0.05) is 6.42 Å². The number of anilines is 1. The molecule has 2 fully saturated rings. The number of nitrogens with zero attached hydrogens (tertiary/aromatic N) is 5. The molecule has 1 saturated heterocycles. The molecule has 9 heteroatoms. The molecule has 1 saturated carbocycles. The van der Waals surface area contributed by atoms with Crippen molar-refractivity contribution in [2.45, 2.75) is 71.4 Å². The highest BCUT2D eigenvalue weighted by Crippen LogP contribution is 2.58. The van der Waals surface area contributed by atoms with Crippen molar-refractivity contribution in [1.29, 1.82) is 5.26 Å². The molecule has 9 nitrogen and oxygen atoms in total. The Morgan fingerprint density at radius 3 is 2.78 bits per heavy atom. The van der Waals surface area contributed by atoms with Crippen LogP contribution in [0.2, 0.25) is 0 Å². The first-order chi connectivity index (χ1) is 17.1. The number of rotatable bonds is 6. The van der Waals surface area contributed by atoms with Gasteiger partial charge in [0.25, 0.3) is 0 Å². The first-order valence-corrected chi connectivity index (χ1v) is 13.4. The number of nitriles is 1. The molecule has 0 bridgehead atoms. The topological polar surface area (TPSA) is 104 Å². The maximum atomic E-state index is 13.1. The van der Waals surface area contributed by atoms with Crippen molar-refractivity contribution >= 4 is 11.8 Å². The number of nitrogens with one attached hydrogen (secondary N) is 1. The van der Waals surface area contributed by atoms with Crippen LogP contribution < -0.4 is 15.0 Å². The lowest BCUT2D eigenvalue weighted by Gasteiger charge is -2.32. The first-order valence-electron chi connectivity index (χ1n) is 13.4. The smallest absolute Gasteiger partial charge is 0.318 e. The fourth-order valence-electron chi connectivity index (χ4n) is 5.47. The Kier molecular flexibility index (Phi) is 8.06. The highest BCUT2D eigenvalue weighted by molar-refractivity contribution is 5.73. The molecule has 36 heavy (non-hydrogen) atoms. The zero-order valence-electron chi connectivity index (χ0n) is 22.6. The molecule has 1 aliphatic carbocycles. The second-order valence-electron chi connectivity index (χ2n) is 11.9. The van der Waals surface area contributed by atoms with Crippen LogP contribution in [0.1, 0.15) is 64.1 Å². The molecule has 4 rings (SSSR count). The van der Waals surface area contributed by atoms with Gasteiger partial charge in [-0.25, -0.2) is 0 Å². The van der Waals surface area contributed by atoms with E-state index >= 15 is 0 Å². The molecule has 0 radical (unpaired) electrons. The van der Waals surface area contributed by atoms with Crippen molar-refractivity contribution in [2.75, 3.05) is 51.8 Å². The summed E-state index contributed by atoms with van der Waals surface area (Å²) in [5.41, 5.74) is 1.46. The number of fused-ring (bicyclic) bond motifs is 1. The van der Waals surface area contributed by atoms with Crippen LogP contribution in [0.25, 0.3) is 0 Å². The normalized spacial score (nSPS) is 26.4. The van der Waals surface area contributed by atoms with Crippen LogP contribution in [-0.2, 0) is 22.5 Å². The molecule has 198 valence electrons. The molecule has 2 unspecified atom stereocenters. The van der Waals surface area contributed by atoms with Gasteiger partial charge in [0.1, 0.15) is 18.0 Å². The first kappa shape index (κ1) is 26.6. The monoisotopic (exact) mass is 498 g/mol. The molecular weight excluding hydrogens is 456 g/mol. The molecule has 3 aliphatic rings. The second kappa shape index (κ2) is 10.9. The van der Waals surface area contributed by atoms with Crippen molar-refractivity contribution in [1.82, 2.24) is 20.2 Å². The minimum absolute atomic E-state index is 0.0434. The van der Waals surface area contributed by atoms with Gasteiger partial charge in [0.05, 0.1) is 23.6 Å². The van der Waals surface area contributed by atoms with E-state index in [1.165, 1.54) is 5.56 Å². The molecule has 3 heterocycles. The summed E-state index contributed by atoms with van der Waals surface area (Å²) in [6.45, 7) is 10.2.